The topological polar surface area (TPSA) is 81.1 Å². The molecule has 2 heterocycles. The third-order valence-corrected chi connectivity index (χ3v) is 5.48. The average molecular weight is 400 g/mol. The third-order valence-electron chi connectivity index (χ3n) is 5.48. The fourth-order valence-corrected chi connectivity index (χ4v) is 4.03. The van der Waals surface area contributed by atoms with Gasteiger partial charge < -0.3 is 19.3 Å². The highest BCUT2D eigenvalue weighted by Crippen LogP contribution is 2.43. The molecule has 0 radical (unpaired) electrons. The lowest BCUT2D eigenvalue weighted by Gasteiger charge is -2.37. The molecule has 156 valence electrons. The Hall–Kier alpha value is -2.80. The van der Waals surface area contributed by atoms with E-state index in [1.165, 1.54) is 0 Å². The number of pyridine rings is 1. The van der Waals surface area contributed by atoms with Crippen LogP contribution in [0.2, 0.25) is 0 Å². The highest BCUT2D eigenvalue weighted by Gasteiger charge is 2.33. The molecule has 2 aromatic rings. The normalized spacial score (nSPS) is 18.1. The van der Waals surface area contributed by atoms with Crippen LogP contribution in [-0.4, -0.2) is 55.4 Å². The highest BCUT2D eigenvalue weighted by molar-refractivity contribution is 5.70. The minimum atomic E-state index is -0.754. The zero-order valence-corrected chi connectivity index (χ0v) is 17.3. The lowest BCUT2D eigenvalue weighted by atomic mass is 9.92. The van der Waals surface area contributed by atoms with Crippen molar-refractivity contribution in [3.63, 3.8) is 0 Å². The van der Waals surface area contributed by atoms with E-state index in [0.717, 1.165) is 29.8 Å². The number of aryl methyl sites for hydroxylation is 1. The van der Waals surface area contributed by atoms with Gasteiger partial charge >= 0.3 is 5.97 Å². The Morgan fingerprint density at radius 2 is 1.90 bits per heavy atom. The largest absolute Gasteiger partial charge is 0.493 e. The van der Waals surface area contributed by atoms with E-state index in [1.54, 1.807) is 27.5 Å². The number of carbonyl (C=O) groups is 1. The van der Waals surface area contributed by atoms with Gasteiger partial charge in [-0.05, 0) is 55.6 Å². The number of aliphatic carboxylic acids is 1. The number of carboxylic acids is 1. The third kappa shape index (κ3) is 4.29. The van der Waals surface area contributed by atoms with E-state index in [-0.39, 0.29) is 6.04 Å². The van der Waals surface area contributed by atoms with Crippen LogP contribution >= 0.6 is 0 Å². The summed E-state index contributed by atoms with van der Waals surface area (Å²) in [6, 6.07) is 7.55. The monoisotopic (exact) mass is 400 g/mol. The molecule has 7 nitrogen and oxygen atoms in total. The first-order valence-corrected chi connectivity index (χ1v) is 9.68. The van der Waals surface area contributed by atoms with Crippen LogP contribution in [0.25, 0.3) is 0 Å². The number of rotatable bonds is 7. The number of ether oxygens (including phenoxy) is 3. The number of hydrogen-bond donors (Lipinski definition) is 1. The Morgan fingerprint density at radius 3 is 2.45 bits per heavy atom. The molecule has 0 bridgehead atoms. The van der Waals surface area contributed by atoms with E-state index in [0.29, 0.717) is 30.2 Å². The molecule has 1 fully saturated rings. The Morgan fingerprint density at radius 1 is 1.21 bits per heavy atom. The number of likely N-dealkylation sites (tertiary alicyclic amines) is 1. The molecule has 2 atom stereocenters. The van der Waals surface area contributed by atoms with Gasteiger partial charge in [-0.3, -0.25) is 14.7 Å². The minimum absolute atomic E-state index is 0.216. The van der Waals surface area contributed by atoms with E-state index >= 15 is 0 Å². The van der Waals surface area contributed by atoms with Crippen molar-refractivity contribution in [3.05, 3.63) is 47.3 Å². The van der Waals surface area contributed by atoms with Gasteiger partial charge in [-0.25, -0.2) is 0 Å². The maximum absolute atomic E-state index is 11.6. The van der Waals surface area contributed by atoms with Gasteiger partial charge in [0.2, 0.25) is 5.75 Å². The van der Waals surface area contributed by atoms with Crippen molar-refractivity contribution in [3.8, 4) is 17.2 Å². The van der Waals surface area contributed by atoms with Crippen LogP contribution in [0, 0.1) is 12.8 Å². The van der Waals surface area contributed by atoms with Gasteiger partial charge in [0, 0.05) is 12.7 Å². The van der Waals surface area contributed by atoms with Gasteiger partial charge in [0.15, 0.2) is 11.5 Å². The molecule has 0 saturated carbocycles. The second-order valence-electron chi connectivity index (χ2n) is 7.24. The van der Waals surface area contributed by atoms with Crippen LogP contribution in [0.4, 0.5) is 0 Å². The Kier molecular flexibility index (Phi) is 6.59. The van der Waals surface area contributed by atoms with E-state index in [4.69, 9.17) is 14.2 Å². The maximum Gasteiger partial charge on any atom is 0.307 e. The van der Waals surface area contributed by atoms with Gasteiger partial charge in [-0.1, -0.05) is 6.07 Å². The molecular formula is C22H28N2O5. The van der Waals surface area contributed by atoms with E-state index in [9.17, 15) is 9.90 Å². The van der Waals surface area contributed by atoms with Gasteiger partial charge in [-0.2, -0.15) is 0 Å². The van der Waals surface area contributed by atoms with Gasteiger partial charge in [0.25, 0.3) is 0 Å². The lowest BCUT2D eigenvalue weighted by molar-refractivity contribution is -0.143. The summed E-state index contributed by atoms with van der Waals surface area (Å²) < 4.78 is 16.5. The van der Waals surface area contributed by atoms with Crippen LogP contribution in [0.1, 0.15) is 35.7 Å². The predicted molar refractivity (Wildman–Crippen MR) is 109 cm³/mol. The molecular weight excluding hydrogens is 372 g/mol. The molecule has 0 amide bonds. The summed E-state index contributed by atoms with van der Waals surface area (Å²) in [4.78, 5) is 18.5. The van der Waals surface area contributed by atoms with E-state index < -0.39 is 11.9 Å². The quantitative estimate of drug-likeness (QED) is 0.764. The average Bonchev–Trinajstić information content (AvgIpc) is 2.74. The molecule has 0 aliphatic carbocycles. The lowest BCUT2D eigenvalue weighted by Crippen LogP contribution is -2.41. The molecule has 1 aliphatic heterocycles. The zero-order chi connectivity index (χ0) is 21.0. The summed E-state index contributed by atoms with van der Waals surface area (Å²) in [6.45, 7) is 3.28. The molecule has 0 spiro atoms. The Labute approximate surface area is 171 Å². The molecule has 1 N–H and O–H groups in total. The summed E-state index contributed by atoms with van der Waals surface area (Å²) in [5.74, 6) is 0.505. The molecule has 1 aromatic heterocycles. The van der Waals surface area contributed by atoms with Crippen molar-refractivity contribution < 1.29 is 24.1 Å². The number of carboxylic acid groups (broad SMARTS) is 1. The van der Waals surface area contributed by atoms with E-state index in [2.05, 4.69) is 9.88 Å². The van der Waals surface area contributed by atoms with Crippen molar-refractivity contribution in [2.45, 2.75) is 25.8 Å². The summed E-state index contributed by atoms with van der Waals surface area (Å²) >= 11 is 0. The van der Waals surface area contributed by atoms with Gasteiger partial charge in [0.05, 0.1) is 39.0 Å². The summed E-state index contributed by atoms with van der Waals surface area (Å²) in [7, 11) is 4.75. The smallest absolute Gasteiger partial charge is 0.307 e. The molecule has 2 unspecified atom stereocenters. The Balaban J connectivity index is 2.14. The first-order valence-electron chi connectivity index (χ1n) is 9.68. The van der Waals surface area contributed by atoms with Crippen molar-refractivity contribution in [1.29, 1.82) is 0 Å². The number of hydrogen-bond acceptors (Lipinski definition) is 6. The number of piperidine rings is 1. The van der Waals surface area contributed by atoms with Crippen molar-refractivity contribution >= 4 is 5.97 Å². The summed E-state index contributed by atoms with van der Waals surface area (Å²) in [6.07, 6.45) is 3.28. The zero-order valence-electron chi connectivity index (χ0n) is 17.3. The molecule has 7 heteroatoms. The van der Waals surface area contributed by atoms with Crippen molar-refractivity contribution in [2.24, 2.45) is 5.92 Å². The standard InChI is InChI=1S/C22H28N2O5/c1-14-7-5-9-23-19(14)20(24-10-6-8-15(13-24)22(25)26)16-11-17(27-2)21(29-4)18(12-16)28-3/h5,7,9,11-12,15,20H,6,8,10,13H2,1-4H3,(H,25,26). The minimum Gasteiger partial charge on any atom is -0.493 e. The van der Waals surface area contributed by atoms with Crippen LogP contribution in [0.5, 0.6) is 17.2 Å². The SMILES string of the molecule is COc1cc(C(c2ncccc2C)N2CCCC(C(=O)O)C2)cc(OC)c1OC. The van der Waals surface area contributed by atoms with Crippen molar-refractivity contribution in [2.75, 3.05) is 34.4 Å². The first kappa shape index (κ1) is 20.9. The highest BCUT2D eigenvalue weighted by atomic mass is 16.5. The van der Waals surface area contributed by atoms with Crippen molar-refractivity contribution in [1.82, 2.24) is 9.88 Å². The second-order valence-corrected chi connectivity index (χ2v) is 7.24. The fraction of sp³-hybridized carbons (Fsp3) is 0.455. The first-order chi connectivity index (χ1) is 14.0. The maximum atomic E-state index is 11.6. The molecule has 1 aromatic carbocycles. The fourth-order valence-electron chi connectivity index (χ4n) is 4.03. The molecule has 1 aliphatic rings. The van der Waals surface area contributed by atoms with Crippen LogP contribution in [0.15, 0.2) is 30.5 Å². The Bertz CT molecular complexity index is 845. The number of benzene rings is 1. The molecule has 29 heavy (non-hydrogen) atoms. The van der Waals surface area contributed by atoms with Crippen LogP contribution in [0.3, 0.4) is 0 Å². The predicted octanol–water partition coefficient (Wildman–Crippen LogP) is 3.30. The van der Waals surface area contributed by atoms with Gasteiger partial charge in [-0.15, -0.1) is 0 Å². The molecule has 3 rings (SSSR count). The number of nitrogens with zero attached hydrogens (tertiary/aromatic N) is 2. The second kappa shape index (κ2) is 9.13. The number of methoxy groups -OCH3 is 3. The summed E-state index contributed by atoms with van der Waals surface area (Å²) in [5.41, 5.74) is 2.86. The molecule has 1 saturated heterocycles. The summed E-state index contributed by atoms with van der Waals surface area (Å²) in [5, 5.41) is 9.57. The van der Waals surface area contributed by atoms with Crippen LogP contribution in [-0.2, 0) is 4.79 Å². The number of aromatic nitrogens is 1. The van der Waals surface area contributed by atoms with Gasteiger partial charge in [0.1, 0.15) is 0 Å². The van der Waals surface area contributed by atoms with Crippen LogP contribution < -0.4 is 14.2 Å². The van der Waals surface area contributed by atoms with E-state index in [1.807, 2.05) is 31.2 Å².